The van der Waals surface area contributed by atoms with Crippen molar-refractivity contribution >= 4 is 33.4 Å². The molecule has 17 heavy (non-hydrogen) atoms. The summed E-state index contributed by atoms with van der Waals surface area (Å²) >= 11 is 9.60. The van der Waals surface area contributed by atoms with E-state index in [1.54, 1.807) is 12.1 Å². The first-order chi connectivity index (χ1) is 8.16. The van der Waals surface area contributed by atoms with E-state index in [0.29, 0.717) is 15.4 Å². The van der Waals surface area contributed by atoms with E-state index < -0.39 is 0 Å². The number of carbonyl (C=O) groups excluding carboxylic acids is 1. The van der Waals surface area contributed by atoms with Crippen molar-refractivity contribution in [1.29, 1.82) is 0 Å². The summed E-state index contributed by atoms with van der Waals surface area (Å²) < 4.78 is 0. The van der Waals surface area contributed by atoms with Crippen molar-refractivity contribution in [2.75, 3.05) is 0 Å². The number of amides is 1. The summed E-state index contributed by atoms with van der Waals surface area (Å²) in [5.74, 6) is -0.0615. The lowest BCUT2D eigenvalue weighted by Gasteiger charge is -2.26. The molecule has 1 saturated carbocycles. The topological polar surface area (TPSA) is 29.1 Å². The van der Waals surface area contributed by atoms with Gasteiger partial charge >= 0.3 is 0 Å². The van der Waals surface area contributed by atoms with Crippen LogP contribution in [0.4, 0.5) is 0 Å². The molecule has 1 amide bonds. The molecule has 92 valence electrons. The Balaban J connectivity index is 1.96. The van der Waals surface area contributed by atoms with Crippen LogP contribution in [-0.4, -0.2) is 16.8 Å². The van der Waals surface area contributed by atoms with Crippen LogP contribution in [0.25, 0.3) is 0 Å². The quantitative estimate of drug-likeness (QED) is 0.827. The standard InChI is InChI=1S/C13H15BrClNO/c14-9-5-7-10(8-6-9)16-13(17)11-3-1-2-4-12(11)15/h1-4,9-10H,5-8H2,(H,16,17). The van der Waals surface area contributed by atoms with Crippen LogP contribution in [0.5, 0.6) is 0 Å². The fraction of sp³-hybridized carbons (Fsp3) is 0.462. The van der Waals surface area contributed by atoms with Crippen LogP contribution >= 0.6 is 27.5 Å². The molecule has 0 radical (unpaired) electrons. The van der Waals surface area contributed by atoms with Crippen LogP contribution in [-0.2, 0) is 0 Å². The predicted octanol–water partition coefficient (Wildman–Crippen LogP) is 3.78. The third-order valence-corrected chi connectivity index (χ3v) is 4.36. The normalized spacial score (nSPS) is 24.4. The van der Waals surface area contributed by atoms with Crippen LogP contribution < -0.4 is 5.32 Å². The summed E-state index contributed by atoms with van der Waals surface area (Å²) in [4.78, 5) is 12.6. The Hall–Kier alpha value is -0.540. The van der Waals surface area contributed by atoms with Crippen LogP contribution in [0.15, 0.2) is 24.3 Å². The van der Waals surface area contributed by atoms with E-state index >= 15 is 0 Å². The molecule has 4 heteroatoms. The maximum Gasteiger partial charge on any atom is 0.253 e. The lowest BCUT2D eigenvalue weighted by atomic mass is 9.95. The Morgan fingerprint density at radius 2 is 1.88 bits per heavy atom. The number of hydrogen-bond acceptors (Lipinski definition) is 1. The summed E-state index contributed by atoms with van der Waals surface area (Å²) in [5.41, 5.74) is 0.565. The van der Waals surface area contributed by atoms with Crippen LogP contribution in [0.1, 0.15) is 36.0 Å². The molecule has 0 bridgehead atoms. The average Bonchev–Trinajstić information content (AvgIpc) is 2.32. The number of rotatable bonds is 2. The van der Waals surface area contributed by atoms with Crippen molar-refractivity contribution in [3.63, 3.8) is 0 Å². The molecule has 0 unspecified atom stereocenters. The van der Waals surface area contributed by atoms with E-state index in [9.17, 15) is 4.79 Å². The third-order valence-electron chi connectivity index (χ3n) is 3.11. The number of alkyl halides is 1. The molecule has 0 aromatic heterocycles. The molecule has 1 fully saturated rings. The van der Waals surface area contributed by atoms with Crippen molar-refractivity contribution in [2.45, 2.75) is 36.6 Å². The molecule has 0 heterocycles. The van der Waals surface area contributed by atoms with Crippen molar-refractivity contribution in [3.05, 3.63) is 34.9 Å². The first-order valence-electron chi connectivity index (χ1n) is 5.86. The summed E-state index contributed by atoms with van der Waals surface area (Å²) in [7, 11) is 0. The van der Waals surface area contributed by atoms with E-state index in [0.717, 1.165) is 25.7 Å². The lowest BCUT2D eigenvalue weighted by Crippen LogP contribution is -2.37. The minimum absolute atomic E-state index is 0.0615. The smallest absolute Gasteiger partial charge is 0.253 e. The maximum absolute atomic E-state index is 12.0. The fourth-order valence-corrected chi connectivity index (χ4v) is 2.86. The van der Waals surface area contributed by atoms with Crippen molar-refractivity contribution < 1.29 is 4.79 Å². The number of carbonyl (C=O) groups is 1. The van der Waals surface area contributed by atoms with Gasteiger partial charge < -0.3 is 5.32 Å². The minimum Gasteiger partial charge on any atom is -0.349 e. The molecule has 2 rings (SSSR count). The number of benzene rings is 1. The summed E-state index contributed by atoms with van der Waals surface area (Å²) in [6, 6.07) is 7.44. The molecule has 1 aromatic carbocycles. The Kier molecular flexibility index (Phi) is 4.46. The van der Waals surface area contributed by atoms with E-state index in [4.69, 9.17) is 11.6 Å². The largest absolute Gasteiger partial charge is 0.349 e. The highest BCUT2D eigenvalue weighted by Gasteiger charge is 2.21. The zero-order chi connectivity index (χ0) is 12.3. The first kappa shape index (κ1) is 12.9. The summed E-state index contributed by atoms with van der Waals surface area (Å²) in [5, 5.41) is 3.57. The van der Waals surface area contributed by atoms with Gasteiger partial charge in [-0.3, -0.25) is 4.79 Å². The SMILES string of the molecule is O=C(NC1CCC(Br)CC1)c1ccccc1Cl. The van der Waals surface area contributed by atoms with Gasteiger partial charge in [-0.05, 0) is 37.8 Å². The summed E-state index contributed by atoms with van der Waals surface area (Å²) in [6.07, 6.45) is 4.30. The minimum atomic E-state index is -0.0615. The fourth-order valence-electron chi connectivity index (χ4n) is 2.11. The zero-order valence-corrected chi connectivity index (χ0v) is 11.8. The second-order valence-corrected chi connectivity index (χ2v) is 6.10. The second-order valence-electron chi connectivity index (χ2n) is 4.40. The van der Waals surface area contributed by atoms with Gasteiger partial charge in [-0.2, -0.15) is 0 Å². The Morgan fingerprint density at radius 1 is 1.24 bits per heavy atom. The first-order valence-corrected chi connectivity index (χ1v) is 7.15. The van der Waals surface area contributed by atoms with Gasteiger partial charge in [0.25, 0.3) is 5.91 Å². The van der Waals surface area contributed by atoms with Gasteiger partial charge in [-0.1, -0.05) is 39.7 Å². The van der Waals surface area contributed by atoms with Crippen LogP contribution in [0.2, 0.25) is 5.02 Å². The zero-order valence-electron chi connectivity index (χ0n) is 9.46. The highest BCUT2D eigenvalue weighted by molar-refractivity contribution is 9.09. The Morgan fingerprint density at radius 3 is 2.53 bits per heavy atom. The molecular weight excluding hydrogens is 302 g/mol. The van der Waals surface area contributed by atoms with E-state index in [1.807, 2.05) is 12.1 Å². The van der Waals surface area contributed by atoms with Gasteiger partial charge in [0.1, 0.15) is 0 Å². The molecule has 1 N–H and O–H groups in total. The second kappa shape index (κ2) is 5.87. The molecule has 0 aliphatic heterocycles. The van der Waals surface area contributed by atoms with Crippen molar-refractivity contribution in [2.24, 2.45) is 0 Å². The molecule has 0 spiro atoms. The van der Waals surface area contributed by atoms with Gasteiger partial charge in [0.15, 0.2) is 0 Å². The predicted molar refractivity (Wildman–Crippen MR) is 73.9 cm³/mol. The number of hydrogen-bond donors (Lipinski definition) is 1. The Labute approximate surface area is 115 Å². The highest BCUT2D eigenvalue weighted by Crippen LogP contribution is 2.24. The third kappa shape index (κ3) is 3.46. The van der Waals surface area contributed by atoms with Crippen LogP contribution in [0, 0.1) is 0 Å². The van der Waals surface area contributed by atoms with E-state index in [1.165, 1.54) is 0 Å². The number of nitrogens with one attached hydrogen (secondary N) is 1. The highest BCUT2D eigenvalue weighted by atomic mass is 79.9. The number of halogens is 2. The van der Waals surface area contributed by atoms with Gasteiger partial charge in [0.05, 0.1) is 10.6 Å². The molecule has 1 aromatic rings. The van der Waals surface area contributed by atoms with Crippen molar-refractivity contribution in [3.8, 4) is 0 Å². The lowest BCUT2D eigenvalue weighted by molar-refractivity contribution is 0.0928. The average molecular weight is 317 g/mol. The molecular formula is C13H15BrClNO. The van der Waals surface area contributed by atoms with E-state index in [2.05, 4.69) is 21.2 Å². The Bertz CT molecular complexity index is 402. The monoisotopic (exact) mass is 315 g/mol. The van der Waals surface area contributed by atoms with Gasteiger partial charge in [0, 0.05) is 10.9 Å². The van der Waals surface area contributed by atoms with Crippen molar-refractivity contribution in [1.82, 2.24) is 5.32 Å². The molecule has 1 aliphatic rings. The van der Waals surface area contributed by atoms with E-state index in [-0.39, 0.29) is 11.9 Å². The molecule has 2 nitrogen and oxygen atoms in total. The molecule has 1 aliphatic carbocycles. The summed E-state index contributed by atoms with van der Waals surface area (Å²) in [6.45, 7) is 0. The van der Waals surface area contributed by atoms with Crippen LogP contribution in [0.3, 0.4) is 0 Å². The van der Waals surface area contributed by atoms with Gasteiger partial charge in [-0.25, -0.2) is 0 Å². The molecule has 0 atom stereocenters. The maximum atomic E-state index is 12.0. The van der Waals surface area contributed by atoms with Gasteiger partial charge in [-0.15, -0.1) is 0 Å². The molecule has 0 saturated heterocycles. The van der Waals surface area contributed by atoms with Gasteiger partial charge in [0.2, 0.25) is 0 Å².